The van der Waals surface area contributed by atoms with Crippen molar-refractivity contribution in [2.45, 2.75) is 37.4 Å². The number of H-pyrrole nitrogens is 1. The van der Waals surface area contributed by atoms with Gasteiger partial charge in [0.25, 0.3) is 5.56 Å². The Labute approximate surface area is 272 Å². The van der Waals surface area contributed by atoms with Crippen LogP contribution >= 0.6 is 0 Å². The number of imidazole rings is 1. The van der Waals surface area contributed by atoms with Gasteiger partial charge in [-0.05, 0) is 47.9 Å². The van der Waals surface area contributed by atoms with Crippen LogP contribution in [0.2, 0.25) is 0 Å². The number of aromatic nitrogens is 4. The zero-order chi connectivity index (χ0) is 33.1. The number of aliphatic hydroxyl groups is 1. The summed E-state index contributed by atoms with van der Waals surface area (Å²) in [6.45, 7) is 1.86. The van der Waals surface area contributed by atoms with Crippen LogP contribution < -0.4 is 15.0 Å². The SMILES string of the molecule is COc1ccc(C(OC[C@H]2O[C@@H](n3cnc4c(=O)[nH]c(N=C(C)N(C)C)nc43)CC2O)(c2ccccc2)c2ccc(OC)cc2)cc1. The summed E-state index contributed by atoms with van der Waals surface area (Å²) in [4.78, 5) is 30.6. The predicted octanol–water partition coefficient (Wildman–Crippen LogP) is 4.41. The minimum Gasteiger partial charge on any atom is -0.497 e. The maximum atomic E-state index is 12.8. The van der Waals surface area contributed by atoms with E-state index < -0.39 is 29.6 Å². The number of aromatic amines is 1. The van der Waals surface area contributed by atoms with Crippen LogP contribution in [0.5, 0.6) is 11.5 Å². The fourth-order valence-electron chi connectivity index (χ4n) is 5.75. The van der Waals surface area contributed by atoms with E-state index in [4.69, 9.17) is 18.9 Å². The van der Waals surface area contributed by atoms with Crippen molar-refractivity contribution in [3.05, 3.63) is 112 Å². The van der Waals surface area contributed by atoms with Gasteiger partial charge in [-0.1, -0.05) is 54.6 Å². The van der Waals surface area contributed by atoms with E-state index >= 15 is 0 Å². The number of rotatable bonds is 10. The Morgan fingerprint density at radius 3 is 2.17 bits per heavy atom. The zero-order valence-electron chi connectivity index (χ0n) is 27.0. The number of methoxy groups -OCH3 is 2. The largest absolute Gasteiger partial charge is 0.497 e. The summed E-state index contributed by atoms with van der Waals surface area (Å²) in [5, 5.41) is 11.3. The Hall–Kier alpha value is -5.04. The first kappa shape index (κ1) is 31.9. The molecule has 3 aromatic carbocycles. The van der Waals surface area contributed by atoms with Gasteiger partial charge in [0.1, 0.15) is 35.3 Å². The predicted molar refractivity (Wildman–Crippen MR) is 177 cm³/mol. The maximum Gasteiger partial charge on any atom is 0.280 e. The first-order chi connectivity index (χ1) is 22.7. The third-order valence-electron chi connectivity index (χ3n) is 8.49. The topological polar surface area (TPSA) is 136 Å². The third-order valence-corrected chi connectivity index (χ3v) is 8.49. The second-order valence-electron chi connectivity index (χ2n) is 11.5. The zero-order valence-corrected chi connectivity index (χ0v) is 27.0. The third kappa shape index (κ3) is 6.22. The molecule has 2 aromatic heterocycles. The van der Waals surface area contributed by atoms with Gasteiger partial charge in [0.15, 0.2) is 11.2 Å². The second kappa shape index (κ2) is 13.4. The molecule has 0 aliphatic carbocycles. The summed E-state index contributed by atoms with van der Waals surface area (Å²) in [7, 11) is 6.96. The lowest BCUT2D eigenvalue weighted by Crippen LogP contribution is -2.38. The fourth-order valence-corrected chi connectivity index (χ4v) is 5.75. The summed E-state index contributed by atoms with van der Waals surface area (Å²) in [5.41, 5.74) is 1.61. The number of fused-ring (bicyclic) bond motifs is 1. The second-order valence-corrected chi connectivity index (χ2v) is 11.5. The van der Waals surface area contributed by atoms with Crippen LogP contribution in [0.3, 0.4) is 0 Å². The molecule has 1 fully saturated rings. The summed E-state index contributed by atoms with van der Waals surface area (Å²) < 4.78 is 25.9. The van der Waals surface area contributed by atoms with Gasteiger partial charge < -0.3 is 29.0 Å². The lowest BCUT2D eigenvalue weighted by atomic mass is 9.80. The lowest BCUT2D eigenvalue weighted by Gasteiger charge is -2.37. The standard InChI is InChI=1S/C35H38N6O6/c1-22(40(2)3)37-34-38-32-31(33(43)39-34)36-21-41(32)30-19-28(42)29(47-30)20-46-35(23-9-7-6-8-10-23,24-11-15-26(44-4)16-12-24)25-13-17-27(45-5)18-14-25/h6-18,21,28-30,42H,19-20H2,1-5H3,(H,38,39,43)/t28?,29-,30-/m1/s1. The summed E-state index contributed by atoms with van der Waals surface area (Å²) in [6, 6.07) is 25.4. The van der Waals surface area contributed by atoms with Crippen molar-refractivity contribution < 1.29 is 24.1 Å². The number of aliphatic hydroxyl groups excluding tert-OH is 1. The number of amidine groups is 1. The number of nitrogens with zero attached hydrogens (tertiary/aromatic N) is 5. The molecule has 2 N–H and O–H groups in total. The molecule has 1 aliphatic heterocycles. The Kier molecular flexibility index (Phi) is 9.08. The van der Waals surface area contributed by atoms with Crippen molar-refractivity contribution in [3.8, 4) is 11.5 Å². The molecule has 0 radical (unpaired) electrons. The van der Waals surface area contributed by atoms with Crippen LogP contribution in [0.1, 0.15) is 36.3 Å². The number of nitrogens with one attached hydrogen (secondary N) is 1. The van der Waals surface area contributed by atoms with E-state index in [1.165, 1.54) is 6.33 Å². The van der Waals surface area contributed by atoms with Crippen LogP contribution in [0.15, 0.2) is 95.0 Å². The highest BCUT2D eigenvalue weighted by Gasteiger charge is 2.42. The van der Waals surface area contributed by atoms with E-state index in [1.54, 1.807) is 18.8 Å². The van der Waals surface area contributed by atoms with Gasteiger partial charge in [-0.3, -0.25) is 14.3 Å². The molecule has 0 amide bonds. The van der Waals surface area contributed by atoms with Crippen LogP contribution in [0.25, 0.3) is 11.2 Å². The highest BCUT2D eigenvalue weighted by atomic mass is 16.6. The van der Waals surface area contributed by atoms with E-state index in [0.29, 0.717) is 23.0 Å². The maximum absolute atomic E-state index is 12.8. The molecule has 3 heterocycles. The molecule has 1 saturated heterocycles. The van der Waals surface area contributed by atoms with Gasteiger partial charge in [-0.25, -0.2) is 9.98 Å². The van der Waals surface area contributed by atoms with E-state index in [0.717, 1.165) is 16.7 Å². The molecule has 12 heteroatoms. The quantitative estimate of drug-likeness (QED) is 0.130. The Balaban J connectivity index is 1.35. The van der Waals surface area contributed by atoms with Gasteiger partial charge in [-0.15, -0.1) is 0 Å². The van der Waals surface area contributed by atoms with Gasteiger partial charge >= 0.3 is 0 Å². The minimum atomic E-state index is -1.07. The molecule has 244 valence electrons. The Bertz CT molecular complexity index is 1860. The monoisotopic (exact) mass is 638 g/mol. The normalized spacial score (nSPS) is 18.4. The molecule has 6 rings (SSSR count). The van der Waals surface area contributed by atoms with E-state index in [9.17, 15) is 9.90 Å². The van der Waals surface area contributed by atoms with Crippen molar-refractivity contribution in [2.75, 3.05) is 34.9 Å². The van der Waals surface area contributed by atoms with E-state index in [2.05, 4.69) is 19.9 Å². The average Bonchev–Trinajstić information content (AvgIpc) is 3.69. The number of benzene rings is 3. The number of ether oxygens (including phenoxy) is 4. The molecule has 0 bridgehead atoms. The highest BCUT2D eigenvalue weighted by Crippen LogP contribution is 2.43. The number of hydrogen-bond donors (Lipinski definition) is 2. The fraction of sp³-hybridized carbons (Fsp3) is 0.314. The summed E-state index contributed by atoms with van der Waals surface area (Å²) >= 11 is 0. The summed E-state index contributed by atoms with van der Waals surface area (Å²) in [5.74, 6) is 2.25. The average molecular weight is 639 g/mol. The molecule has 12 nitrogen and oxygen atoms in total. The molecule has 47 heavy (non-hydrogen) atoms. The molecule has 3 atom stereocenters. The highest BCUT2D eigenvalue weighted by molar-refractivity contribution is 5.81. The molecule has 1 aliphatic rings. The van der Waals surface area contributed by atoms with Gasteiger partial charge in [0, 0.05) is 20.5 Å². The Morgan fingerprint density at radius 1 is 1.00 bits per heavy atom. The van der Waals surface area contributed by atoms with Crippen molar-refractivity contribution >= 4 is 22.9 Å². The summed E-state index contributed by atoms with van der Waals surface area (Å²) in [6.07, 6.45) is -0.464. The van der Waals surface area contributed by atoms with Crippen molar-refractivity contribution in [2.24, 2.45) is 4.99 Å². The van der Waals surface area contributed by atoms with E-state index in [1.807, 2.05) is 105 Å². The van der Waals surface area contributed by atoms with Gasteiger partial charge in [0.05, 0.1) is 33.3 Å². The lowest BCUT2D eigenvalue weighted by molar-refractivity contribution is -0.0931. The van der Waals surface area contributed by atoms with Gasteiger partial charge in [-0.2, -0.15) is 4.98 Å². The van der Waals surface area contributed by atoms with Gasteiger partial charge in [0.2, 0.25) is 5.95 Å². The minimum absolute atomic E-state index is 0.0445. The first-order valence-electron chi connectivity index (χ1n) is 15.2. The van der Waals surface area contributed by atoms with Crippen LogP contribution in [-0.4, -0.2) is 82.5 Å². The van der Waals surface area contributed by atoms with Crippen LogP contribution in [0, 0.1) is 0 Å². The number of aliphatic imine (C=N–C) groups is 1. The first-order valence-corrected chi connectivity index (χ1v) is 15.2. The Morgan fingerprint density at radius 2 is 1.60 bits per heavy atom. The van der Waals surface area contributed by atoms with Crippen molar-refractivity contribution in [1.82, 2.24) is 24.4 Å². The van der Waals surface area contributed by atoms with Crippen LogP contribution in [0.4, 0.5) is 5.95 Å². The van der Waals surface area contributed by atoms with Crippen LogP contribution in [-0.2, 0) is 15.1 Å². The smallest absolute Gasteiger partial charge is 0.280 e. The van der Waals surface area contributed by atoms with Crippen molar-refractivity contribution in [3.63, 3.8) is 0 Å². The van der Waals surface area contributed by atoms with E-state index in [-0.39, 0.29) is 24.5 Å². The van der Waals surface area contributed by atoms with Crippen molar-refractivity contribution in [1.29, 1.82) is 0 Å². The number of hydrogen-bond acceptors (Lipinski definition) is 9. The molecular formula is C35H38N6O6. The molecular weight excluding hydrogens is 600 g/mol. The molecule has 5 aromatic rings. The molecule has 0 saturated carbocycles. The molecule has 1 unspecified atom stereocenters. The molecule has 0 spiro atoms.